The van der Waals surface area contributed by atoms with Crippen LogP contribution in [0.15, 0.2) is 39.0 Å². The number of aromatic nitrogens is 4. The largest absolute Gasteiger partial charge is 0.490 e. The summed E-state index contributed by atoms with van der Waals surface area (Å²) in [6.07, 6.45) is -9.78. The number of hydrogen-bond acceptors (Lipinski definition) is 6. The number of fused-ring (bicyclic) bond motifs is 1. The van der Waals surface area contributed by atoms with Crippen LogP contribution in [0.3, 0.4) is 0 Å². The highest BCUT2D eigenvalue weighted by Gasteiger charge is 2.38. The molecule has 0 atom stereocenters. The normalized spacial score (nSPS) is 12.4. The van der Waals surface area contributed by atoms with Crippen molar-refractivity contribution in [2.45, 2.75) is 49.2 Å². The van der Waals surface area contributed by atoms with Crippen molar-refractivity contribution in [3.63, 3.8) is 0 Å². The van der Waals surface area contributed by atoms with Crippen molar-refractivity contribution in [1.29, 1.82) is 0 Å². The van der Waals surface area contributed by atoms with Gasteiger partial charge in [0.25, 0.3) is 5.56 Å². The van der Waals surface area contributed by atoms with Crippen LogP contribution in [0.1, 0.15) is 19.4 Å². The lowest BCUT2D eigenvalue weighted by Crippen LogP contribution is -2.41. The molecule has 2 heterocycles. The fourth-order valence-electron chi connectivity index (χ4n) is 2.94. The first-order valence-electron chi connectivity index (χ1n) is 10.5. The summed E-state index contributed by atoms with van der Waals surface area (Å²) < 4.78 is 86.5. The third kappa shape index (κ3) is 7.59. The van der Waals surface area contributed by atoms with Crippen LogP contribution in [0.2, 0.25) is 0 Å². The van der Waals surface area contributed by atoms with Gasteiger partial charge in [-0.25, -0.2) is 19.0 Å². The van der Waals surface area contributed by atoms with Crippen LogP contribution in [-0.2, 0) is 24.9 Å². The van der Waals surface area contributed by atoms with Crippen LogP contribution < -0.4 is 17.0 Å². The van der Waals surface area contributed by atoms with Gasteiger partial charge in [0.1, 0.15) is 12.4 Å². The van der Waals surface area contributed by atoms with Crippen molar-refractivity contribution in [2.24, 2.45) is 12.8 Å². The van der Waals surface area contributed by atoms with Crippen LogP contribution >= 0.6 is 11.8 Å². The number of carboxylic acid groups (broad SMARTS) is 1. The van der Waals surface area contributed by atoms with E-state index in [0.29, 0.717) is 14.7 Å². The maximum Gasteiger partial charge on any atom is 0.490 e. The van der Waals surface area contributed by atoms with E-state index in [1.807, 2.05) is 13.8 Å². The van der Waals surface area contributed by atoms with E-state index < -0.39 is 46.7 Å². The molecule has 0 amide bonds. The van der Waals surface area contributed by atoms with E-state index in [2.05, 4.69) is 4.98 Å². The minimum absolute atomic E-state index is 0.0409. The van der Waals surface area contributed by atoms with E-state index in [1.54, 1.807) is 0 Å². The molecule has 210 valence electrons. The van der Waals surface area contributed by atoms with Crippen LogP contribution in [0.25, 0.3) is 11.2 Å². The topological polar surface area (TPSA) is 125 Å². The van der Waals surface area contributed by atoms with E-state index in [-0.39, 0.29) is 29.4 Å². The molecule has 0 aliphatic rings. The fourth-order valence-corrected chi connectivity index (χ4v) is 3.92. The standard InChI is InChI=1S/C19H21F4N5O2S.C2HF3O2/c1-18(2,9-24)31-16-25-14-13(27(16)8-11-4-6-12(20)7-5-11)15(29)26(3)17(30)28(14)10-19(21,22)23;3-2(4,5)1(6)7/h4-7H,8-10,24H2,1-3H3;(H,6,7). The maximum absolute atomic E-state index is 13.3. The number of carbonyl (C=O) groups is 1. The highest BCUT2D eigenvalue weighted by atomic mass is 32.2. The lowest BCUT2D eigenvalue weighted by Gasteiger charge is -2.21. The molecule has 0 saturated carbocycles. The average Bonchev–Trinajstić information content (AvgIpc) is 3.13. The van der Waals surface area contributed by atoms with Crippen LogP contribution in [0, 0.1) is 5.82 Å². The zero-order valence-corrected chi connectivity index (χ0v) is 20.8. The molecule has 1 aromatic carbocycles. The quantitative estimate of drug-likeness (QED) is 0.343. The summed E-state index contributed by atoms with van der Waals surface area (Å²) in [6, 6.07) is 5.48. The predicted octanol–water partition coefficient (Wildman–Crippen LogP) is 3.11. The third-order valence-electron chi connectivity index (χ3n) is 4.89. The van der Waals surface area contributed by atoms with Crippen molar-refractivity contribution in [3.8, 4) is 0 Å². The van der Waals surface area contributed by atoms with Gasteiger partial charge in [0.05, 0.1) is 6.54 Å². The minimum Gasteiger partial charge on any atom is -0.475 e. The Labute approximate surface area is 213 Å². The summed E-state index contributed by atoms with van der Waals surface area (Å²) in [6.45, 7) is 2.32. The first kappa shape index (κ1) is 30.9. The number of benzene rings is 1. The fraction of sp³-hybridized carbons (Fsp3) is 0.429. The Morgan fingerprint density at radius 1 is 1.05 bits per heavy atom. The molecule has 2 aromatic heterocycles. The highest BCUT2D eigenvalue weighted by molar-refractivity contribution is 8.00. The second-order valence-corrected chi connectivity index (χ2v) is 10.2. The van der Waals surface area contributed by atoms with E-state index in [0.717, 1.165) is 7.05 Å². The molecular formula is C21H22F7N5O4S. The smallest absolute Gasteiger partial charge is 0.475 e. The van der Waals surface area contributed by atoms with Crippen molar-refractivity contribution in [3.05, 3.63) is 56.5 Å². The zero-order chi connectivity index (χ0) is 29.2. The van der Waals surface area contributed by atoms with Gasteiger partial charge in [-0.05, 0) is 31.5 Å². The molecule has 0 unspecified atom stereocenters. The minimum atomic E-state index is -5.08. The molecular weight excluding hydrogens is 551 g/mol. The second kappa shape index (κ2) is 11.2. The Morgan fingerprint density at radius 2 is 1.58 bits per heavy atom. The summed E-state index contributed by atoms with van der Waals surface area (Å²) in [5.41, 5.74) is 4.00. The number of rotatable bonds is 6. The van der Waals surface area contributed by atoms with Gasteiger partial charge in [0.15, 0.2) is 16.3 Å². The summed E-state index contributed by atoms with van der Waals surface area (Å²) >= 11 is 1.18. The predicted molar refractivity (Wildman–Crippen MR) is 123 cm³/mol. The van der Waals surface area contributed by atoms with E-state index >= 15 is 0 Å². The van der Waals surface area contributed by atoms with Crippen LogP contribution in [-0.4, -0.2) is 53.4 Å². The number of halogens is 7. The number of imidazole rings is 1. The molecule has 0 aliphatic heterocycles. The lowest BCUT2D eigenvalue weighted by atomic mass is 10.2. The van der Waals surface area contributed by atoms with Gasteiger partial charge in [-0.1, -0.05) is 23.9 Å². The van der Waals surface area contributed by atoms with E-state index in [4.69, 9.17) is 15.6 Å². The van der Waals surface area contributed by atoms with Gasteiger partial charge in [-0.15, -0.1) is 0 Å². The Hall–Kier alpha value is -3.34. The molecule has 0 bridgehead atoms. The summed E-state index contributed by atoms with van der Waals surface area (Å²) in [5, 5.41) is 7.35. The number of alkyl halides is 6. The van der Waals surface area contributed by atoms with Gasteiger partial charge in [0.2, 0.25) is 0 Å². The van der Waals surface area contributed by atoms with E-state index in [9.17, 15) is 40.3 Å². The molecule has 3 aromatic rings. The Balaban J connectivity index is 0.000000638. The van der Waals surface area contributed by atoms with Crippen molar-refractivity contribution in [2.75, 3.05) is 6.54 Å². The molecule has 3 N–H and O–H groups in total. The Kier molecular flexibility index (Phi) is 9.09. The lowest BCUT2D eigenvalue weighted by molar-refractivity contribution is -0.192. The van der Waals surface area contributed by atoms with E-state index in [1.165, 1.54) is 40.6 Å². The molecule has 0 aliphatic carbocycles. The van der Waals surface area contributed by atoms with Gasteiger partial charge < -0.3 is 15.4 Å². The molecule has 0 radical (unpaired) electrons. The monoisotopic (exact) mass is 573 g/mol. The number of nitrogens with zero attached hydrogens (tertiary/aromatic N) is 4. The van der Waals surface area contributed by atoms with Gasteiger partial charge in [-0.3, -0.25) is 13.9 Å². The van der Waals surface area contributed by atoms with Crippen molar-refractivity contribution >= 4 is 28.9 Å². The molecule has 17 heteroatoms. The SMILES string of the molecule is Cn1c(=O)c2c(nc(SC(C)(C)CN)n2Cc2ccc(F)cc2)n(CC(F)(F)F)c1=O.O=C(O)C(F)(F)F. The van der Waals surface area contributed by atoms with Crippen LogP contribution in [0.4, 0.5) is 30.7 Å². The first-order valence-corrected chi connectivity index (χ1v) is 11.3. The van der Waals surface area contributed by atoms with Crippen molar-refractivity contribution in [1.82, 2.24) is 18.7 Å². The van der Waals surface area contributed by atoms with Crippen LogP contribution in [0.5, 0.6) is 0 Å². The van der Waals surface area contributed by atoms with Gasteiger partial charge >= 0.3 is 24.0 Å². The summed E-state index contributed by atoms with van der Waals surface area (Å²) in [7, 11) is 1.11. The maximum atomic E-state index is 13.3. The molecule has 0 spiro atoms. The Morgan fingerprint density at radius 3 is 2.03 bits per heavy atom. The number of aliphatic carboxylic acids is 1. The summed E-state index contributed by atoms with van der Waals surface area (Å²) in [4.78, 5) is 38.5. The zero-order valence-electron chi connectivity index (χ0n) is 20.0. The molecule has 3 rings (SSSR count). The first-order chi connectivity index (χ1) is 17.3. The second-order valence-electron chi connectivity index (χ2n) is 8.50. The van der Waals surface area contributed by atoms with Crippen molar-refractivity contribution < 1.29 is 40.6 Å². The third-order valence-corrected chi connectivity index (χ3v) is 6.10. The number of thioether (sulfide) groups is 1. The number of carboxylic acids is 1. The van der Waals surface area contributed by atoms with Gasteiger partial charge in [-0.2, -0.15) is 26.3 Å². The van der Waals surface area contributed by atoms with Gasteiger partial charge in [0, 0.05) is 18.3 Å². The number of nitrogens with two attached hydrogens (primary N) is 1. The summed E-state index contributed by atoms with van der Waals surface area (Å²) in [5.74, 6) is -3.21. The average molecular weight is 573 g/mol. The molecule has 0 saturated heterocycles. The molecule has 0 fully saturated rings. The molecule has 38 heavy (non-hydrogen) atoms. The highest BCUT2D eigenvalue weighted by Crippen LogP contribution is 2.33. The molecule has 9 nitrogen and oxygen atoms in total. The number of hydrogen-bond donors (Lipinski definition) is 2. The Bertz CT molecular complexity index is 1420.